The van der Waals surface area contributed by atoms with Gasteiger partial charge in [0.1, 0.15) is 0 Å². The molecule has 0 bridgehead atoms. The molecule has 0 amide bonds. The van der Waals surface area contributed by atoms with Crippen LogP contribution in [0.1, 0.15) is 50.5 Å². The predicted octanol–water partition coefficient (Wildman–Crippen LogP) is 4.10. The minimum atomic E-state index is 0.636. The first kappa shape index (κ1) is 12.3. The Labute approximate surface area is 105 Å². The zero-order valence-electron chi connectivity index (χ0n) is 10.8. The van der Waals surface area contributed by atoms with Crippen LogP contribution in [0.4, 0.5) is 11.4 Å². The number of rotatable bonds is 2. The summed E-state index contributed by atoms with van der Waals surface area (Å²) in [5.41, 5.74) is 9.17. The van der Waals surface area contributed by atoms with Crippen LogP contribution in [0.15, 0.2) is 18.2 Å². The van der Waals surface area contributed by atoms with E-state index in [1.165, 1.54) is 50.6 Å². The molecule has 1 aromatic rings. The van der Waals surface area contributed by atoms with E-state index >= 15 is 0 Å². The zero-order chi connectivity index (χ0) is 12.1. The van der Waals surface area contributed by atoms with Gasteiger partial charge in [-0.25, -0.2) is 0 Å². The molecular formula is C15H24N2. The highest BCUT2D eigenvalue weighted by Crippen LogP contribution is 2.23. The van der Waals surface area contributed by atoms with Crippen molar-refractivity contribution in [3.05, 3.63) is 23.8 Å². The number of nitrogens with one attached hydrogen (secondary N) is 1. The van der Waals surface area contributed by atoms with Gasteiger partial charge in [-0.3, -0.25) is 0 Å². The number of hydrogen-bond donors (Lipinski definition) is 2. The minimum Gasteiger partial charge on any atom is -0.398 e. The summed E-state index contributed by atoms with van der Waals surface area (Å²) >= 11 is 0. The Morgan fingerprint density at radius 3 is 2.35 bits per heavy atom. The van der Waals surface area contributed by atoms with Gasteiger partial charge < -0.3 is 11.1 Å². The van der Waals surface area contributed by atoms with E-state index in [2.05, 4.69) is 30.4 Å². The van der Waals surface area contributed by atoms with E-state index in [0.717, 1.165) is 11.3 Å². The molecule has 1 saturated carbocycles. The molecule has 0 spiro atoms. The molecule has 0 radical (unpaired) electrons. The molecular weight excluding hydrogens is 208 g/mol. The second-order valence-corrected chi connectivity index (χ2v) is 5.26. The van der Waals surface area contributed by atoms with E-state index in [-0.39, 0.29) is 0 Å². The maximum atomic E-state index is 5.94. The fourth-order valence-electron chi connectivity index (χ4n) is 2.57. The summed E-state index contributed by atoms with van der Waals surface area (Å²) in [6.07, 6.45) is 9.53. The summed E-state index contributed by atoms with van der Waals surface area (Å²) in [5, 5.41) is 3.64. The van der Waals surface area contributed by atoms with Crippen LogP contribution in [0.3, 0.4) is 0 Å². The molecule has 1 aliphatic rings. The van der Waals surface area contributed by atoms with E-state index in [1.807, 2.05) is 0 Å². The molecule has 2 nitrogen and oxygen atoms in total. The first-order valence-electron chi connectivity index (χ1n) is 6.88. The van der Waals surface area contributed by atoms with Crippen molar-refractivity contribution in [2.75, 3.05) is 11.1 Å². The van der Waals surface area contributed by atoms with Crippen molar-refractivity contribution in [3.63, 3.8) is 0 Å². The SMILES string of the molecule is Cc1ccc(NC2CCCCCCC2)cc1N. The van der Waals surface area contributed by atoms with Crippen LogP contribution in [0.25, 0.3) is 0 Å². The smallest absolute Gasteiger partial charge is 0.0364 e. The molecule has 0 saturated heterocycles. The number of aryl methyl sites for hydroxylation is 1. The molecule has 0 atom stereocenters. The third-order valence-corrected chi connectivity index (χ3v) is 3.76. The second kappa shape index (κ2) is 5.95. The third kappa shape index (κ3) is 3.65. The van der Waals surface area contributed by atoms with Crippen LogP contribution >= 0.6 is 0 Å². The molecule has 1 aromatic carbocycles. The van der Waals surface area contributed by atoms with E-state index in [9.17, 15) is 0 Å². The molecule has 2 rings (SSSR count). The molecule has 1 fully saturated rings. The highest BCUT2D eigenvalue weighted by Gasteiger charge is 2.11. The molecule has 94 valence electrons. The normalized spacial score (nSPS) is 18.4. The van der Waals surface area contributed by atoms with Gasteiger partial charge >= 0.3 is 0 Å². The van der Waals surface area contributed by atoms with Crippen LogP contribution < -0.4 is 11.1 Å². The van der Waals surface area contributed by atoms with E-state index in [1.54, 1.807) is 0 Å². The van der Waals surface area contributed by atoms with Crippen molar-refractivity contribution in [2.24, 2.45) is 0 Å². The Morgan fingerprint density at radius 1 is 1.06 bits per heavy atom. The molecule has 0 heterocycles. The van der Waals surface area contributed by atoms with Gasteiger partial charge in [0.25, 0.3) is 0 Å². The molecule has 3 N–H and O–H groups in total. The Morgan fingerprint density at radius 2 is 1.71 bits per heavy atom. The van der Waals surface area contributed by atoms with Gasteiger partial charge in [-0.15, -0.1) is 0 Å². The molecule has 0 aromatic heterocycles. The van der Waals surface area contributed by atoms with Crippen molar-refractivity contribution < 1.29 is 0 Å². The van der Waals surface area contributed by atoms with Gasteiger partial charge in [-0.05, 0) is 37.5 Å². The maximum absolute atomic E-state index is 5.94. The summed E-state index contributed by atoms with van der Waals surface area (Å²) in [6, 6.07) is 6.94. The van der Waals surface area contributed by atoms with Crippen molar-refractivity contribution in [3.8, 4) is 0 Å². The first-order chi connectivity index (χ1) is 8.25. The zero-order valence-corrected chi connectivity index (χ0v) is 10.8. The summed E-state index contributed by atoms with van der Waals surface area (Å²) < 4.78 is 0. The van der Waals surface area contributed by atoms with Crippen molar-refractivity contribution in [1.29, 1.82) is 0 Å². The van der Waals surface area contributed by atoms with E-state index < -0.39 is 0 Å². The molecule has 1 aliphatic carbocycles. The van der Waals surface area contributed by atoms with Gasteiger partial charge in [-0.1, -0.05) is 38.2 Å². The summed E-state index contributed by atoms with van der Waals surface area (Å²) in [6.45, 7) is 2.05. The Bertz CT molecular complexity index is 352. The molecule has 0 aliphatic heterocycles. The third-order valence-electron chi connectivity index (χ3n) is 3.76. The van der Waals surface area contributed by atoms with Crippen LogP contribution in [-0.2, 0) is 0 Å². The number of nitrogens with two attached hydrogens (primary N) is 1. The quantitative estimate of drug-likeness (QED) is 0.753. The van der Waals surface area contributed by atoms with Crippen molar-refractivity contribution in [2.45, 2.75) is 57.9 Å². The van der Waals surface area contributed by atoms with Gasteiger partial charge in [0, 0.05) is 17.4 Å². The monoisotopic (exact) mass is 232 g/mol. The predicted molar refractivity (Wildman–Crippen MR) is 75.3 cm³/mol. The van der Waals surface area contributed by atoms with Crippen molar-refractivity contribution >= 4 is 11.4 Å². The van der Waals surface area contributed by atoms with Crippen LogP contribution in [0, 0.1) is 6.92 Å². The van der Waals surface area contributed by atoms with Crippen molar-refractivity contribution in [1.82, 2.24) is 0 Å². The fourth-order valence-corrected chi connectivity index (χ4v) is 2.57. The van der Waals surface area contributed by atoms with E-state index in [0.29, 0.717) is 6.04 Å². The van der Waals surface area contributed by atoms with Crippen LogP contribution in [0.5, 0.6) is 0 Å². The minimum absolute atomic E-state index is 0.636. The second-order valence-electron chi connectivity index (χ2n) is 5.26. The fraction of sp³-hybridized carbons (Fsp3) is 0.600. The number of hydrogen-bond acceptors (Lipinski definition) is 2. The molecule has 2 heteroatoms. The summed E-state index contributed by atoms with van der Waals surface area (Å²) in [5.74, 6) is 0. The molecule has 0 unspecified atom stereocenters. The summed E-state index contributed by atoms with van der Waals surface area (Å²) in [7, 11) is 0. The number of benzene rings is 1. The highest BCUT2D eigenvalue weighted by molar-refractivity contribution is 5.58. The van der Waals surface area contributed by atoms with Crippen LogP contribution in [-0.4, -0.2) is 6.04 Å². The Hall–Kier alpha value is -1.18. The largest absolute Gasteiger partial charge is 0.398 e. The lowest BCUT2D eigenvalue weighted by Gasteiger charge is -2.22. The topological polar surface area (TPSA) is 38.0 Å². The van der Waals surface area contributed by atoms with Gasteiger partial charge in [0.15, 0.2) is 0 Å². The first-order valence-corrected chi connectivity index (χ1v) is 6.88. The lowest BCUT2D eigenvalue weighted by atomic mass is 9.96. The van der Waals surface area contributed by atoms with Gasteiger partial charge in [0.05, 0.1) is 0 Å². The Kier molecular flexibility index (Phi) is 4.29. The van der Waals surface area contributed by atoms with Gasteiger partial charge in [-0.2, -0.15) is 0 Å². The average molecular weight is 232 g/mol. The summed E-state index contributed by atoms with van der Waals surface area (Å²) in [4.78, 5) is 0. The van der Waals surface area contributed by atoms with Crippen LogP contribution in [0.2, 0.25) is 0 Å². The molecule has 17 heavy (non-hydrogen) atoms. The van der Waals surface area contributed by atoms with Gasteiger partial charge in [0.2, 0.25) is 0 Å². The number of nitrogen functional groups attached to an aromatic ring is 1. The highest BCUT2D eigenvalue weighted by atomic mass is 14.9. The number of anilines is 2. The lowest BCUT2D eigenvalue weighted by Crippen LogP contribution is -2.20. The Balaban J connectivity index is 1.95. The standard InChI is InChI=1S/C15H24N2/c1-12-9-10-14(11-15(12)16)17-13-7-5-3-2-4-6-8-13/h9-11,13,17H,2-8,16H2,1H3. The maximum Gasteiger partial charge on any atom is 0.0364 e. The average Bonchev–Trinajstić information content (AvgIpc) is 2.27. The van der Waals surface area contributed by atoms with E-state index in [4.69, 9.17) is 5.73 Å². The lowest BCUT2D eigenvalue weighted by molar-refractivity contribution is 0.471.